The molecule has 3 aromatic carbocycles. The molecule has 0 saturated heterocycles. The number of nitrogens with two attached hydrogens (primary N) is 1. The van der Waals surface area contributed by atoms with Crippen molar-refractivity contribution in [1.29, 1.82) is 0 Å². The third-order valence-electron chi connectivity index (χ3n) is 4.15. The van der Waals surface area contributed by atoms with Crippen LogP contribution in [0.15, 0.2) is 40.9 Å². The molecule has 0 aliphatic carbocycles. The van der Waals surface area contributed by atoms with Crippen LogP contribution in [0.1, 0.15) is 11.1 Å². The van der Waals surface area contributed by atoms with Gasteiger partial charge in [0.1, 0.15) is 11.5 Å². The van der Waals surface area contributed by atoms with Crippen LogP contribution in [-0.4, -0.2) is 12.2 Å². The van der Waals surface area contributed by atoms with E-state index in [2.05, 4.69) is 15.9 Å². The normalized spacial score (nSPS) is 11.0. The first-order valence-corrected chi connectivity index (χ1v) is 8.08. The fourth-order valence-corrected chi connectivity index (χ4v) is 3.55. The minimum atomic E-state index is 0.205. The summed E-state index contributed by atoms with van der Waals surface area (Å²) >= 11 is 3.50. The lowest BCUT2D eigenvalue weighted by Crippen LogP contribution is -2.00. The molecule has 0 aliphatic rings. The Labute approximate surface area is 143 Å². The number of rotatable bonds is 2. The number of hydrogen-bond acceptors (Lipinski definition) is 3. The number of ether oxygens (including phenoxy) is 1. The molecule has 23 heavy (non-hydrogen) atoms. The van der Waals surface area contributed by atoms with Crippen molar-refractivity contribution in [3.8, 4) is 22.6 Å². The van der Waals surface area contributed by atoms with Gasteiger partial charge in [0.05, 0.1) is 7.11 Å². The predicted molar refractivity (Wildman–Crippen MR) is 99.2 cm³/mol. The minimum absolute atomic E-state index is 0.205. The highest BCUT2D eigenvalue weighted by Gasteiger charge is 2.19. The van der Waals surface area contributed by atoms with Gasteiger partial charge >= 0.3 is 0 Å². The lowest BCUT2D eigenvalue weighted by Gasteiger charge is -2.18. The summed E-state index contributed by atoms with van der Waals surface area (Å²) in [6.07, 6.45) is 0. The Bertz CT molecular complexity index is 914. The van der Waals surface area contributed by atoms with Crippen LogP contribution in [0.5, 0.6) is 11.5 Å². The summed E-state index contributed by atoms with van der Waals surface area (Å²) in [6.45, 7) is 3.93. The van der Waals surface area contributed by atoms with Gasteiger partial charge in [-0.25, -0.2) is 0 Å². The largest absolute Gasteiger partial charge is 0.507 e. The molecule has 0 unspecified atom stereocenters. The third-order valence-corrected chi connectivity index (χ3v) is 4.64. The van der Waals surface area contributed by atoms with Crippen molar-refractivity contribution in [2.45, 2.75) is 13.8 Å². The van der Waals surface area contributed by atoms with E-state index in [0.717, 1.165) is 43.2 Å². The quantitative estimate of drug-likeness (QED) is 0.610. The lowest BCUT2D eigenvalue weighted by atomic mass is 9.91. The molecule has 3 nitrogen and oxygen atoms in total. The van der Waals surface area contributed by atoms with Crippen molar-refractivity contribution in [3.05, 3.63) is 52.0 Å². The number of halogens is 1. The van der Waals surface area contributed by atoms with Crippen LogP contribution < -0.4 is 10.5 Å². The molecule has 0 aliphatic heterocycles. The molecular formula is C19H18BrNO2. The van der Waals surface area contributed by atoms with E-state index in [-0.39, 0.29) is 5.75 Å². The number of methoxy groups -OCH3 is 1. The van der Waals surface area contributed by atoms with Crippen molar-refractivity contribution >= 4 is 32.4 Å². The van der Waals surface area contributed by atoms with Crippen LogP contribution >= 0.6 is 15.9 Å². The SMILES string of the molecule is COc1c(C)cc(N)c(-c2c(O)ccc3ccc(Br)cc23)c1C. The Balaban J connectivity index is 2.46. The summed E-state index contributed by atoms with van der Waals surface area (Å²) in [5, 5.41) is 12.5. The number of benzene rings is 3. The van der Waals surface area contributed by atoms with E-state index in [9.17, 15) is 5.11 Å². The van der Waals surface area contributed by atoms with Crippen LogP contribution in [0.3, 0.4) is 0 Å². The maximum absolute atomic E-state index is 10.5. The standard InChI is InChI=1S/C19H18BrNO2/c1-10-8-15(21)17(11(2)19(10)23-3)18-14-9-13(20)6-4-12(14)5-7-16(18)22/h4-9,22H,21H2,1-3H3. The Morgan fingerprint density at radius 2 is 1.74 bits per heavy atom. The molecule has 3 aromatic rings. The first-order valence-electron chi connectivity index (χ1n) is 7.29. The van der Waals surface area contributed by atoms with Crippen LogP contribution in [0.4, 0.5) is 5.69 Å². The molecule has 0 heterocycles. The highest BCUT2D eigenvalue weighted by Crippen LogP contribution is 2.45. The molecule has 0 radical (unpaired) electrons. The van der Waals surface area contributed by atoms with E-state index in [1.807, 2.05) is 44.2 Å². The van der Waals surface area contributed by atoms with E-state index in [0.29, 0.717) is 5.69 Å². The summed E-state index contributed by atoms with van der Waals surface area (Å²) in [5.74, 6) is 0.997. The average molecular weight is 372 g/mol. The van der Waals surface area contributed by atoms with Gasteiger partial charge in [0, 0.05) is 26.9 Å². The molecule has 3 N–H and O–H groups in total. The van der Waals surface area contributed by atoms with E-state index in [1.54, 1.807) is 13.2 Å². The van der Waals surface area contributed by atoms with E-state index in [1.165, 1.54) is 0 Å². The molecule has 0 amide bonds. The molecule has 0 saturated carbocycles. The van der Waals surface area contributed by atoms with Gasteiger partial charge in [-0.3, -0.25) is 0 Å². The molecule has 0 bridgehead atoms. The second-order valence-corrected chi connectivity index (χ2v) is 6.56. The molecule has 118 valence electrons. The third kappa shape index (κ3) is 2.53. The van der Waals surface area contributed by atoms with Crippen molar-refractivity contribution < 1.29 is 9.84 Å². The number of aryl methyl sites for hydroxylation is 1. The average Bonchev–Trinajstić information content (AvgIpc) is 2.49. The Kier molecular flexibility index (Phi) is 3.94. The number of fused-ring (bicyclic) bond motifs is 1. The first kappa shape index (κ1) is 15.7. The second-order valence-electron chi connectivity index (χ2n) is 5.64. The number of anilines is 1. The fraction of sp³-hybridized carbons (Fsp3) is 0.158. The molecule has 0 spiro atoms. The monoisotopic (exact) mass is 371 g/mol. The van der Waals surface area contributed by atoms with E-state index in [4.69, 9.17) is 10.5 Å². The summed E-state index contributed by atoms with van der Waals surface area (Å²) < 4.78 is 6.47. The summed E-state index contributed by atoms with van der Waals surface area (Å²) in [5.41, 5.74) is 10.4. The van der Waals surface area contributed by atoms with E-state index < -0.39 is 0 Å². The smallest absolute Gasteiger partial charge is 0.125 e. The predicted octanol–water partition coefficient (Wildman–Crippen LogP) is 5.18. The maximum Gasteiger partial charge on any atom is 0.125 e. The van der Waals surface area contributed by atoms with Crippen LogP contribution in [-0.2, 0) is 0 Å². The zero-order valence-electron chi connectivity index (χ0n) is 13.3. The molecular weight excluding hydrogens is 354 g/mol. The van der Waals surface area contributed by atoms with Crippen molar-refractivity contribution in [3.63, 3.8) is 0 Å². The van der Waals surface area contributed by atoms with Crippen LogP contribution in [0, 0.1) is 13.8 Å². The highest BCUT2D eigenvalue weighted by atomic mass is 79.9. The number of nitrogen functional groups attached to an aromatic ring is 1. The summed E-state index contributed by atoms with van der Waals surface area (Å²) in [4.78, 5) is 0. The Morgan fingerprint density at radius 1 is 1.04 bits per heavy atom. The fourth-order valence-electron chi connectivity index (χ4n) is 3.19. The zero-order chi connectivity index (χ0) is 16.7. The molecule has 0 fully saturated rings. The molecule has 0 atom stereocenters. The van der Waals surface area contributed by atoms with Gasteiger partial charge in [0.2, 0.25) is 0 Å². The summed E-state index contributed by atoms with van der Waals surface area (Å²) in [6, 6.07) is 11.5. The van der Waals surface area contributed by atoms with Gasteiger partial charge in [-0.05, 0) is 54.4 Å². The topological polar surface area (TPSA) is 55.5 Å². The number of phenols is 1. The van der Waals surface area contributed by atoms with E-state index >= 15 is 0 Å². The van der Waals surface area contributed by atoms with Gasteiger partial charge in [-0.15, -0.1) is 0 Å². The van der Waals surface area contributed by atoms with Crippen molar-refractivity contribution in [2.75, 3.05) is 12.8 Å². The Morgan fingerprint density at radius 3 is 2.43 bits per heavy atom. The van der Waals surface area contributed by atoms with Gasteiger partial charge in [-0.2, -0.15) is 0 Å². The van der Waals surface area contributed by atoms with Crippen molar-refractivity contribution in [2.24, 2.45) is 0 Å². The highest BCUT2D eigenvalue weighted by molar-refractivity contribution is 9.10. The lowest BCUT2D eigenvalue weighted by molar-refractivity contribution is 0.409. The first-order chi connectivity index (χ1) is 10.9. The second kappa shape index (κ2) is 5.78. The van der Waals surface area contributed by atoms with Crippen LogP contribution in [0.2, 0.25) is 0 Å². The van der Waals surface area contributed by atoms with Gasteiger partial charge in [0.25, 0.3) is 0 Å². The molecule has 3 rings (SSSR count). The minimum Gasteiger partial charge on any atom is -0.507 e. The van der Waals surface area contributed by atoms with Crippen molar-refractivity contribution in [1.82, 2.24) is 0 Å². The van der Waals surface area contributed by atoms with Gasteiger partial charge in [-0.1, -0.05) is 28.1 Å². The maximum atomic E-state index is 10.5. The van der Waals surface area contributed by atoms with Gasteiger partial charge < -0.3 is 15.6 Å². The zero-order valence-corrected chi connectivity index (χ0v) is 14.9. The van der Waals surface area contributed by atoms with Gasteiger partial charge in [0.15, 0.2) is 0 Å². The number of phenolic OH excluding ortho intramolecular Hbond substituents is 1. The number of hydrogen-bond donors (Lipinski definition) is 2. The summed E-state index contributed by atoms with van der Waals surface area (Å²) in [7, 11) is 1.65. The van der Waals surface area contributed by atoms with Crippen LogP contribution in [0.25, 0.3) is 21.9 Å². The molecule has 0 aromatic heterocycles. The molecule has 4 heteroatoms. The Hall–Kier alpha value is -2.20. The number of aromatic hydroxyl groups is 1.